The summed E-state index contributed by atoms with van der Waals surface area (Å²) < 4.78 is 0. The van der Waals surface area contributed by atoms with Crippen LogP contribution in [0.4, 0.5) is 0 Å². The molecule has 0 rings (SSSR count). The fourth-order valence-electron chi connectivity index (χ4n) is 1.15. The molecule has 2 unspecified atom stereocenters. The molecule has 0 radical (unpaired) electrons. The van der Waals surface area contributed by atoms with Crippen LogP contribution in [0.25, 0.3) is 0 Å². The van der Waals surface area contributed by atoms with Gasteiger partial charge in [-0.1, -0.05) is 19.3 Å². The third-order valence-corrected chi connectivity index (χ3v) is 2.16. The highest BCUT2D eigenvalue weighted by Gasteiger charge is 2.12. The fourth-order valence-corrected chi connectivity index (χ4v) is 1.15. The van der Waals surface area contributed by atoms with E-state index in [4.69, 9.17) is 21.7 Å². The van der Waals surface area contributed by atoms with Gasteiger partial charge < -0.3 is 21.7 Å². The normalized spacial score (nSPS) is 14.5. The van der Waals surface area contributed by atoms with Crippen LogP contribution in [0.1, 0.15) is 32.1 Å². The maximum absolute atomic E-state index is 10.3. The average molecular weight is 218 g/mol. The van der Waals surface area contributed by atoms with E-state index in [1.807, 2.05) is 0 Å². The Morgan fingerprint density at radius 2 is 1.20 bits per heavy atom. The van der Waals surface area contributed by atoms with E-state index in [0.29, 0.717) is 25.7 Å². The third kappa shape index (κ3) is 6.87. The zero-order chi connectivity index (χ0) is 11.8. The maximum atomic E-state index is 10.3. The molecule has 0 amide bonds. The zero-order valence-corrected chi connectivity index (χ0v) is 8.56. The first-order chi connectivity index (χ1) is 6.95. The first kappa shape index (κ1) is 13.9. The largest absolute Gasteiger partial charge is 0.480 e. The van der Waals surface area contributed by atoms with Crippen LogP contribution < -0.4 is 11.5 Å². The number of hydrogen-bond acceptors (Lipinski definition) is 4. The number of carboxylic acid groups (broad SMARTS) is 2. The SMILES string of the molecule is NC(CCCCCC(N)C(=O)O)C(=O)O. The number of carboxylic acids is 2. The first-order valence-electron chi connectivity index (χ1n) is 4.92. The van der Waals surface area contributed by atoms with Crippen molar-refractivity contribution in [2.75, 3.05) is 0 Å². The number of rotatable bonds is 8. The van der Waals surface area contributed by atoms with Crippen LogP contribution in [-0.4, -0.2) is 34.2 Å². The second-order valence-corrected chi connectivity index (χ2v) is 3.53. The molecular formula is C9H18N2O4. The Hall–Kier alpha value is -1.14. The van der Waals surface area contributed by atoms with Crippen molar-refractivity contribution in [2.45, 2.75) is 44.2 Å². The summed E-state index contributed by atoms with van der Waals surface area (Å²) in [7, 11) is 0. The lowest BCUT2D eigenvalue weighted by Crippen LogP contribution is -2.30. The van der Waals surface area contributed by atoms with E-state index < -0.39 is 24.0 Å². The lowest BCUT2D eigenvalue weighted by Gasteiger charge is -2.07. The van der Waals surface area contributed by atoms with E-state index in [2.05, 4.69) is 0 Å². The van der Waals surface area contributed by atoms with Crippen LogP contribution >= 0.6 is 0 Å². The van der Waals surface area contributed by atoms with Crippen molar-refractivity contribution in [3.8, 4) is 0 Å². The van der Waals surface area contributed by atoms with Crippen LogP contribution in [0, 0.1) is 0 Å². The summed E-state index contributed by atoms with van der Waals surface area (Å²) in [5.74, 6) is -2.01. The van der Waals surface area contributed by atoms with Gasteiger partial charge in [0.2, 0.25) is 0 Å². The topological polar surface area (TPSA) is 127 Å². The summed E-state index contributed by atoms with van der Waals surface area (Å²) in [4.78, 5) is 20.7. The molecule has 88 valence electrons. The van der Waals surface area contributed by atoms with Gasteiger partial charge in [0.15, 0.2) is 0 Å². The van der Waals surface area contributed by atoms with Crippen molar-refractivity contribution in [2.24, 2.45) is 11.5 Å². The molecule has 0 aromatic heterocycles. The van der Waals surface area contributed by atoms with E-state index in [1.54, 1.807) is 0 Å². The molecule has 2 atom stereocenters. The maximum Gasteiger partial charge on any atom is 0.320 e. The minimum absolute atomic E-state index is 0.414. The molecule has 15 heavy (non-hydrogen) atoms. The van der Waals surface area contributed by atoms with Crippen LogP contribution in [0.15, 0.2) is 0 Å². The van der Waals surface area contributed by atoms with E-state index >= 15 is 0 Å². The van der Waals surface area contributed by atoms with Gasteiger partial charge in [0.1, 0.15) is 12.1 Å². The van der Waals surface area contributed by atoms with Crippen molar-refractivity contribution in [1.29, 1.82) is 0 Å². The van der Waals surface area contributed by atoms with E-state index in [9.17, 15) is 9.59 Å². The Balaban J connectivity index is 3.40. The van der Waals surface area contributed by atoms with Crippen molar-refractivity contribution >= 4 is 11.9 Å². The Morgan fingerprint density at radius 3 is 1.47 bits per heavy atom. The quantitative estimate of drug-likeness (QED) is 0.416. The summed E-state index contributed by atoms with van der Waals surface area (Å²) in [6.07, 6.45) is 2.94. The van der Waals surface area contributed by atoms with Gasteiger partial charge in [0.25, 0.3) is 0 Å². The molecule has 0 fully saturated rings. The molecule has 0 aliphatic carbocycles. The predicted octanol–water partition coefficient (Wildman–Crippen LogP) is -0.239. The molecule has 0 spiro atoms. The highest BCUT2D eigenvalue weighted by Crippen LogP contribution is 2.06. The van der Waals surface area contributed by atoms with Crippen molar-refractivity contribution in [3.05, 3.63) is 0 Å². The molecule has 0 aromatic carbocycles. The molecule has 0 saturated carbocycles. The number of carbonyl (C=O) groups is 2. The molecule has 0 aromatic rings. The third-order valence-electron chi connectivity index (χ3n) is 2.16. The van der Waals surface area contributed by atoms with Gasteiger partial charge >= 0.3 is 11.9 Å². The molecule has 6 nitrogen and oxygen atoms in total. The Kier molecular flexibility index (Phi) is 6.64. The second kappa shape index (κ2) is 7.19. The van der Waals surface area contributed by atoms with Crippen molar-refractivity contribution in [1.82, 2.24) is 0 Å². The van der Waals surface area contributed by atoms with Crippen LogP contribution in [0.2, 0.25) is 0 Å². The zero-order valence-electron chi connectivity index (χ0n) is 8.56. The summed E-state index contributed by atoms with van der Waals surface area (Å²) >= 11 is 0. The molecular weight excluding hydrogens is 200 g/mol. The Labute approximate surface area is 88.3 Å². The van der Waals surface area contributed by atoms with Crippen LogP contribution in [0.3, 0.4) is 0 Å². The summed E-state index contributed by atoms with van der Waals surface area (Å²) in [6.45, 7) is 0. The van der Waals surface area contributed by atoms with Gasteiger partial charge in [-0.25, -0.2) is 0 Å². The molecule has 0 aliphatic rings. The highest BCUT2D eigenvalue weighted by molar-refractivity contribution is 5.73. The smallest absolute Gasteiger partial charge is 0.320 e. The molecule has 6 N–H and O–H groups in total. The van der Waals surface area contributed by atoms with Gasteiger partial charge in [-0.3, -0.25) is 9.59 Å². The standard InChI is InChI=1S/C9H18N2O4/c10-6(8(12)13)4-2-1-3-5-7(11)9(14)15/h6-7H,1-5,10-11H2,(H,12,13)(H,14,15). The van der Waals surface area contributed by atoms with Crippen LogP contribution in [-0.2, 0) is 9.59 Å². The fraction of sp³-hybridized carbons (Fsp3) is 0.778. The summed E-state index contributed by atoms with van der Waals surface area (Å²) in [5, 5.41) is 17.0. The minimum Gasteiger partial charge on any atom is -0.480 e. The predicted molar refractivity (Wildman–Crippen MR) is 54.3 cm³/mol. The summed E-state index contributed by atoms with van der Waals surface area (Å²) in [5.41, 5.74) is 10.6. The Bertz CT molecular complexity index is 198. The number of nitrogens with two attached hydrogens (primary N) is 2. The molecule has 0 aliphatic heterocycles. The number of unbranched alkanes of at least 4 members (excludes halogenated alkanes) is 2. The van der Waals surface area contributed by atoms with Crippen LogP contribution in [0.5, 0.6) is 0 Å². The van der Waals surface area contributed by atoms with E-state index in [0.717, 1.165) is 6.42 Å². The Morgan fingerprint density at radius 1 is 0.867 bits per heavy atom. The van der Waals surface area contributed by atoms with Crippen molar-refractivity contribution in [3.63, 3.8) is 0 Å². The monoisotopic (exact) mass is 218 g/mol. The minimum atomic E-state index is -1.00. The highest BCUT2D eigenvalue weighted by atomic mass is 16.4. The average Bonchev–Trinajstić information content (AvgIpc) is 2.16. The van der Waals surface area contributed by atoms with Gasteiger partial charge in [0.05, 0.1) is 0 Å². The first-order valence-corrected chi connectivity index (χ1v) is 4.92. The number of aliphatic carboxylic acids is 2. The molecule has 6 heteroatoms. The number of hydrogen-bond donors (Lipinski definition) is 4. The van der Waals surface area contributed by atoms with Gasteiger partial charge in [-0.15, -0.1) is 0 Å². The summed E-state index contributed by atoms with van der Waals surface area (Å²) in [6, 6.07) is -1.64. The van der Waals surface area contributed by atoms with Gasteiger partial charge in [0, 0.05) is 0 Å². The van der Waals surface area contributed by atoms with E-state index in [-0.39, 0.29) is 0 Å². The lowest BCUT2D eigenvalue weighted by atomic mass is 10.1. The molecule has 0 heterocycles. The van der Waals surface area contributed by atoms with E-state index in [1.165, 1.54) is 0 Å². The van der Waals surface area contributed by atoms with Gasteiger partial charge in [-0.2, -0.15) is 0 Å². The lowest BCUT2D eigenvalue weighted by molar-refractivity contribution is -0.139. The second-order valence-electron chi connectivity index (χ2n) is 3.53. The van der Waals surface area contributed by atoms with Crippen molar-refractivity contribution < 1.29 is 19.8 Å². The molecule has 0 bridgehead atoms. The van der Waals surface area contributed by atoms with Gasteiger partial charge in [-0.05, 0) is 12.8 Å². The molecule has 0 saturated heterocycles.